The molecule has 0 spiro atoms. The first-order valence-corrected chi connectivity index (χ1v) is 11.7. The smallest absolute Gasteiger partial charge is 0.264 e. The number of hydrogen-bond donors (Lipinski definition) is 1. The molecule has 3 aromatic carbocycles. The van der Waals surface area contributed by atoms with Crippen LogP contribution in [-0.2, 0) is 21.4 Å². The molecule has 1 aliphatic rings. The molecule has 0 aliphatic carbocycles. The van der Waals surface area contributed by atoms with Gasteiger partial charge >= 0.3 is 0 Å². The van der Waals surface area contributed by atoms with Gasteiger partial charge in [0.05, 0.1) is 10.6 Å². The molecule has 1 N–H and O–H groups in total. The van der Waals surface area contributed by atoms with Gasteiger partial charge in [0.2, 0.25) is 12.7 Å². The van der Waals surface area contributed by atoms with Crippen molar-refractivity contribution < 1.29 is 22.7 Å². The van der Waals surface area contributed by atoms with Crippen molar-refractivity contribution in [3.05, 3.63) is 82.3 Å². The minimum Gasteiger partial charge on any atom is -0.454 e. The molecule has 0 radical (unpaired) electrons. The third-order valence-electron chi connectivity index (χ3n) is 4.68. The van der Waals surface area contributed by atoms with Crippen LogP contribution in [0.5, 0.6) is 11.5 Å². The van der Waals surface area contributed by atoms with Crippen LogP contribution in [0, 0.1) is 0 Å². The van der Waals surface area contributed by atoms with Crippen molar-refractivity contribution in [3.63, 3.8) is 0 Å². The Kier molecular flexibility index (Phi) is 6.45. The van der Waals surface area contributed by atoms with Gasteiger partial charge in [-0.2, -0.15) is 0 Å². The van der Waals surface area contributed by atoms with Crippen molar-refractivity contribution >= 4 is 44.8 Å². The maximum Gasteiger partial charge on any atom is 0.264 e. The van der Waals surface area contributed by atoms with E-state index in [0.717, 1.165) is 9.87 Å². The van der Waals surface area contributed by atoms with Gasteiger partial charge in [0.15, 0.2) is 11.5 Å². The molecule has 0 saturated heterocycles. The van der Waals surface area contributed by atoms with E-state index < -0.39 is 22.5 Å². The van der Waals surface area contributed by atoms with Gasteiger partial charge < -0.3 is 14.8 Å². The maximum absolute atomic E-state index is 13.3. The van der Waals surface area contributed by atoms with Crippen molar-refractivity contribution in [3.8, 4) is 11.5 Å². The van der Waals surface area contributed by atoms with Crippen LogP contribution in [-0.4, -0.2) is 27.7 Å². The first-order valence-electron chi connectivity index (χ1n) is 9.52. The summed E-state index contributed by atoms with van der Waals surface area (Å²) in [6, 6.07) is 17.5. The van der Waals surface area contributed by atoms with Crippen molar-refractivity contribution in [1.29, 1.82) is 0 Å². The highest BCUT2D eigenvalue weighted by molar-refractivity contribution is 7.92. The number of nitrogens with zero attached hydrogens (tertiary/aromatic N) is 1. The lowest BCUT2D eigenvalue weighted by atomic mass is 10.2. The second kappa shape index (κ2) is 9.28. The van der Waals surface area contributed by atoms with Gasteiger partial charge in [0.1, 0.15) is 6.54 Å². The molecule has 0 unspecified atom stereocenters. The quantitative estimate of drug-likeness (QED) is 0.533. The maximum atomic E-state index is 13.3. The third kappa shape index (κ3) is 4.93. The van der Waals surface area contributed by atoms with E-state index in [4.69, 9.17) is 32.7 Å². The standard InChI is InChI=1S/C22H18Cl2N2O5S/c23-16-9-17(24)11-18(10-16)26(32(28,29)19-4-2-1-3-5-19)13-22(27)25-12-15-6-7-20-21(8-15)31-14-30-20/h1-11H,12-14H2,(H,25,27). The fraction of sp³-hybridized carbons (Fsp3) is 0.136. The lowest BCUT2D eigenvalue weighted by Crippen LogP contribution is -2.40. The molecule has 0 aromatic heterocycles. The van der Waals surface area contributed by atoms with Gasteiger partial charge in [-0.25, -0.2) is 8.42 Å². The van der Waals surface area contributed by atoms with Gasteiger partial charge in [-0.3, -0.25) is 9.10 Å². The van der Waals surface area contributed by atoms with Crippen LogP contribution < -0.4 is 19.1 Å². The number of ether oxygens (including phenoxy) is 2. The second-order valence-corrected chi connectivity index (χ2v) is 9.65. The monoisotopic (exact) mass is 492 g/mol. The second-order valence-electron chi connectivity index (χ2n) is 6.92. The molecule has 4 rings (SSSR count). The van der Waals surface area contributed by atoms with E-state index >= 15 is 0 Å². The summed E-state index contributed by atoms with van der Waals surface area (Å²) in [7, 11) is -4.05. The number of carbonyl (C=O) groups excluding carboxylic acids is 1. The molecule has 0 fully saturated rings. The lowest BCUT2D eigenvalue weighted by Gasteiger charge is -2.24. The summed E-state index contributed by atoms with van der Waals surface area (Å²) in [4.78, 5) is 12.8. The number of sulfonamides is 1. The van der Waals surface area contributed by atoms with E-state index in [1.54, 1.807) is 36.4 Å². The molecule has 166 valence electrons. The molecule has 1 heterocycles. The predicted octanol–water partition coefficient (Wildman–Crippen LogP) is 4.23. The zero-order valence-corrected chi connectivity index (χ0v) is 19.0. The van der Waals surface area contributed by atoms with E-state index in [1.165, 1.54) is 30.3 Å². The van der Waals surface area contributed by atoms with Crippen LogP contribution in [0.15, 0.2) is 71.6 Å². The molecule has 0 atom stereocenters. The molecule has 10 heteroatoms. The summed E-state index contributed by atoms with van der Waals surface area (Å²) in [6.45, 7) is -0.122. The third-order valence-corrected chi connectivity index (χ3v) is 6.90. The molecule has 7 nitrogen and oxygen atoms in total. The van der Waals surface area contributed by atoms with E-state index in [1.807, 2.05) is 0 Å². The Labute approximate surface area is 195 Å². The fourth-order valence-corrected chi connectivity index (χ4v) is 5.10. The summed E-state index contributed by atoms with van der Waals surface area (Å²) in [5.41, 5.74) is 0.968. The van der Waals surface area contributed by atoms with E-state index in [9.17, 15) is 13.2 Å². The minimum absolute atomic E-state index is 0.0414. The topological polar surface area (TPSA) is 84.9 Å². The van der Waals surface area contributed by atoms with Crippen molar-refractivity contribution in [2.75, 3.05) is 17.6 Å². The number of benzene rings is 3. The Morgan fingerprint density at radius 3 is 2.34 bits per heavy atom. The zero-order chi connectivity index (χ0) is 22.7. The average Bonchev–Trinajstić information content (AvgIpc) is 3.24. The Hall–Kier alpha value is -2.94. The summed E-state index contributed by atoms with van der Waals surface area (Å²) < 4.78 is 38.2. The van der Waals surface area contributed by atoms with Crippen LogP contribution >= 0.6 is 23.2 Å². The molecule has 3 aromatic rings. The first kappa shape index (κ1) is 22.3. The summed E-state index contributed by atoms with van der Waals surface area (Å²) in [6.07, 6.45) is 0. The van der Waals surface area contributed by atoms with Gasteiger partial charge in [0, 0.05) is 16.6 Å². The van der Waals surface area contributed by atoms with Gasteiger partial charge in [-0.05, 0) is 48.0 Å². The van der Waals surface area contributed by atoms with Gasteiger partial charge in [0.25, 0.3) is 10.0 Å². The minimum atomic E-state index is -4.05. The zero-order valence-electron chi connectivity index (χ0n) is 16.6. The van der Waals surface area contributed by atoms with Crippen LogP contribution in [0.1, 0.15) is 5.56 Å². The number of nitrogens with one attached hydrogen (secondary N) is 1. The number of fused-ring (bicyclic) bond motifs is 1. The lowest BCUT2D eigenvalue weighted by molar-refractivity contribution is -0.119. The highest BCUT2D eigenvalue weighted by Gasteiger charge is 2.27. The largest absolute Gasteiger partial charge is 0.454 e. The SMILES string of the molecule is O=C(CN(c1cc(Cl)cc(Cl)c1)S(=O)(=O)c1ccccc1)NCc1ccc2c(c1)OCO2. The van der Waals surface area contributed by atoms with Crippen molar-refractivity contribution in [2.24, 2.45) is 0 Å². The van der Waals surface area contributed by atoms with E-state index in [2.05, 4.69) is 5.32 Å². The molecular weight excluding hydrogens is 475 g/mol. The summed E-state index contributed by atoms with van der Waals surface area (Å²) >= 11 is 12.2. The molecular formula is C22H18Cl2N2O5S. The first-order chi connectivity index (χ1) is 15.3. The molecule has 0 saturated carbocycles. The number of rotatable bonds is 7. The average molecular weight is 493 g/mol. The van der Waals surface area contributed by atoms with Crippen LogP contribution in [0.2, 0.25) is 10.0 Å². The van der Waals surface area contributed by atoms with Crippen molar-refractivity contribution in [1.82, 2.24) is 5.32 Å². The number of hydrogen-bond acceptors (Lipinski definition) is 5. The molecule has 1 amide bonds. The molecule has 0 bridgehead atoms. The number of amides is 1. The Balaban J connectivity index is 1.56. The van der Waals surface area contributed by atoms with Crippen LogP contribution in [0.4, 0.5) is 5.69 Å². The van der Waals surface area contributed by atoms with Crippen LogP contribution in [0.3, 0.4) is 0 Å². The fourth-order valence-electron chi connectivity index (χ4n) is 3.16. The number of halogens is 2. The molecule has 1 aliphatic heterocycles. The van der Waals surface area contributed by atoms with Gasteiger partial charge in [-0.15, -0.1) is 0 Å². The van der Waals surface area contributed by atoms with Crippen LogP contribution in [0.25, 0.3) is 0 Å². The van der Waals surface area contributed by atoms with E-state index in [0.29, 0.717) is 11.5 Å². The Morgan fingerprint density at radius 2 is 1.62 bits per heavy atom. The normalized spacial score (nSPS) is 12.4. The number of anilines is 1. The highest BCUT2D eigenvalue weighted by Crippen LogP contribution is 2.32. The Morgan fingerprint density at radius 1 is 0.938 bits per heavy atom. The Bertz CT molecular complexity index is 1230. The summed E-state index contributed by atoms with van der Waals surface area (Å²) in [5, 5.41) is 3.24. The highest BCUT2D eigenvalue weighted by atomic mass is 35.5. The molecule has 32 heavy (non-hydrogen) atoms. The predicted molar refractivity (Wildman–Crippen MR) is 122 cm³/mol. The van der Waals surface area contributed by atoms with Gasteiger partial charge in [-0.1, -0.05) is 47.5 Å². The van der Waals surface area contributed by atoms with E-state index in [-0.39, 0.29) is 34.0 Å². The van der Waals surface area contributed by atoms with Crippen molar-refractivity contribution in [2.45, 2.75) is 11.4 Å². The number of carbonyl (C=O) groups is 1. The summed E-state index contributed by atoms with van der Waals surface area (Å²) in [5.74, 6) is 0.731.